The summed E-state index contributed by atoms with van der Waals surface area (Å²) in [7, 11) is 0. The van der Waals surface area contributed by atoms with Crippen LogP contribution in [-0.2, 0) is 9.59 Å². The second-order valence-electron chi connectivity index (χ2n) is 4.07. The van der Waals surface area contributed by atoms with Gasteiger partial charge in [-0.2, -0.15) is 0 Å². The van der Waals surface area contributed by atoms with Crippen molar-refractivity contribution in [2.45, 2.75) is 13.8 Å². The van der Waals surface area contributed by atoms with Crippen molar-refractivity contribution in [3.8, 4) is 0 Å². The molecule has 0 atom stereocenters. The fourth-order valence-electron chi connectivity index (χ4n) is 1.00. The average Bonchev–Trinajstić information content (AvgIpc) is 2.39. The Kier molecular flexibility index (Phi) is 7.09. The minimum atomic E-state index is -1.01. The lowest BCUT2D eigenvalue weighted by atomic mass is 10.1. The van der Waals surface area contributed by atoms with Crippen molar-refractivity contribution in [2.75, 3.05) is 0 Å². The van der Waals surface area contributed by atoms with E-state index in [4.69, 9.17) is 10.2 Å². The molecule has 0 spiro atoms. The smallest absolute Gasteiger partial charge is 0.331 e. The molecule has 1 rings (SSSR count). The maximum Gasteiger partial charge on any atom is 0.331 e. The second kappa shape index (κ2) is 8.26. The molecule has 0 saturated carbocycles. The van der Waals surface area contributed by atoms with E-state index < -0.39 is 16.9 Å². The topological polar surface area (TPSA) is 118 Å². The van der Waals surface area contributed by atoms with Gasteiger partial charge in [-0.3, -0.25) is 10.1 Å². The Morgan fingerprint density at radius 2 is 1.57 bits per heavy atom. The highest BCUT2D eigenvalue weighted by Crippen LogP contribution is 2.14. The number of hydrogen-bond acceptors (Lipinski definition) is 4. The summed E-state index contributed by atoms with van der Waals surface area (Å²) in [5.74, 6) is -1.94. The van der Waals surface area contributed by atoms with Crippen LogP contribution in [0.2, 0.25) is 0 Å². The fraction of sp³-hybridized carbons (Fsp3) is 0.143. The zero-order valence-corrected chi connectivity index (χ0v) is 11.6. The number of nitro benzene ring substituents is 1. The molecule has 1 aromatic carbocycles. The summed E-state index contributed by atoms with van der Waals surface area (Å²) in [6.45, 7) is 6.06. The van der Waals surface area contributed by atoms with Crippen molar-refractivity contribution in [3.05, 3.63) is 57.7 Å². The molecule has 0 amide bonds. The van der Waals surface area contributed by atoms with Gasteiger partial charge in [-0.25, -0.2) is 9.59 Å². The Bertz CT molecular complexity index is 574. The molecule has 112 valence electrons. The number of nitrogens with zero attached hydrogens (tertiary/aromatic N) is 1. The number of carboxylic acid groups (broad SMARTS) is 2. The van der Waals surface area contributed by atoms with Crippen molar-refractivity contribution in [2.24, 2.45) is 0 Å². The maximum absolute atomic E-state index is 10.5. The maximum atomic E-state index is 10.5. The van der Waals surface area contributed by atoms with Gasteiger partial charge in [-0.05, 0) is 37.6 Å². The zero-order chi connectivity index (χ0) is 16.6. The van der Waals surface area contributed by atoms with E-state index in [1.165, 1.54) is 44.2 Å². The number of aliphatic carboxylic acids is 2. The molecule has 7 heteroatoms. The van der Waals surface area contributed by atoms with E-state index in [0.717, 1.165) is 0 Å². The largest absolute Gasteiger partial charge is 0.478 e. The van der Waals surface area contributed by atoms with Gasteiger partial charge in [0.2, 0.25) is 0 Å². The van der Waals surface area contributed by atoms with Gasteiger partial charge in [-0.1, -0.05) is 6.58 Å². The van der Waals surface area contributed by atoms with Gasteiger partial charge >= 0.3 is 11.9 Å². The van der Waals surface area contributed by atoms with Gasteiger partial charge in [0.25, 0.3) is 5.69 Å². The first-order valence-corrected chi connectivity index (χ1v) is 5.70. The van der Waals surface area contributed by atoms with Gasteiger partial charge in [0, 0.05) is 23.3 Å². The monoisotopic (exact) mass is 293 g/mol. The molecule has 0 radical (unpaired) electrons. The molecular formula is C14H15NO6. The van der Waals surface area contributed by atoms with Crippen LogP contribution in [0.1, 0.15) is 19.4 Å². The highest BCUT2D eigenvalue weighted by molar-refractivity contribution is 5.91. The molecule has 1 aromatic rings. The van der Waals surface area contributed by atoms with E-state index in [1.54, 1.807) is 0 Å². The van der Waals surface area contributed by atoms with Crippen molar-refractivity contribution >= 4 is 23.7 Å². The van der Waals surface area contributed by atoms with Crippen LogP contribution in [0, 0.1) is 10.1 Å². The summed E-state index contributed by atoms with van der Waals surface area (Å²) in [4.78, 5) is 29.9. The lowest BCUT2D eigenvalue weighted by Gasteiger charge is -1.95. The third kappa shape index (κ3) is 7.26. The highest BCUT2D eigenvalue weighted by Gasteiger charge is 2.04. The number of carbonyl (C=O) groups is 2. The third-order valence-electron chi connectivity index (χ3n) is 2.19. The first-order valence-electron chi connectivity index (χ1n) is 5.70. The molecule has 0 aliphatic carbocycles. The number of carboxylic acids is 2. The Balaban J connectivity index is 0.000000567. The van der Waals surface area contributed by atoms with Crippen molar-refractivity contribution in [1.82, 2.24) is 0 Å². The Labute approximate surface area is 121 Å². The van der Waals surface area contributed by atoms with E-state index in [9.17, 15) is 19.7 Å². The molecule has 0 fully saturated rings. The lowest BCUT2D eigenvalue weighted by molar-refractivity contribution is -0.384. The van der Waals surface area contributed by atoms with E-state index in [2.05, 4.69) is 6.58 Å². The Morgan fingerprint density at radius 3 is 1.86 bits per heavy atom. The number of rotatable bonds is 4. The normalized spacial score (nSPS) is 10.1. The van der Waals surface area contributed by atoms with Crippen molar-refractivity contribution in [1.29, 1.82) is 0 Å². The quantitative estimate of drug-likeness (QED) is 0.500. The van der Waals surface area contributed by atoms with Crippen LogP contribution >= 0.6 is 0 Å². The van der Waals surface area contributed by atoms with E-state index in [0.29, 0.717) is 5.56 Å². The van der Waals surface area contributed by atoms with Gasteiger partial charge in [0.1, 0.15) is 0 Å². The summed E-state index contributed by atoms with van der Waals surface area (Å²) < 4.78 is 0. The molecule has 7 nitrogen and oxygen atoms in total. The minimum Gasteiger partial charge on any atom is -0.478 e. The van der Waals surface area contributed by atoms with Crippen LogP contribution in [0.4, 0.5) is 5.69 Å². The summed E-state index contributed by atoms with van der Waals surface area (Å²) >= 11 is 0. The second-order valence-corrected chi connectivity index (χ2v) is 4.07. The van der Waals surface area contributed by atoms with E-state index >= 15 is 0 Å². The first-order chi connectivity index (χ1) is 9.65. The fourth-order valence-corrected chi connectivity index (χ4v) is 1.00. The van der Waals surface area contributed by atoms with Crippen molar-refractivity contribution in [3.63, 3.8) is 0 Å². The average molecular weight is 293 g/mol. The molecule has 0 aliphatic heterocycles. The molecule has 0 heterocycles. The van der Waals surface area contributed by atoms with E-state index in [1.807, 2.05) is 0 Å². The van der Waals surface area contributed by atoms with Crippen LogP contribution < -0.4 is 0 Å². The molecule has 0 unspecified atom stereocenters. The zero-order valence-electron chi connectivity index (χ0n) is 11.6. The van der Waals surface area contributed by atoms with Crippen LogP contribution in [0.3, 0.4) is 0 Å². The van der Waals surface area contributed by atoms with Crippen LogP contribution in [0.5, 0.6) is 0 Å². The number of hydrogen-bond donors (Lipinski definition) is 2. The van der Waals surface area contributed by atoms with Crippen LogP contribution in [-0.4, -0.2) is 27.1 Å². The number of benzene rings is 1. The summed E-state index contributed by atoms with van der Waals surface area (Å²) in [5.41, 5.74) is 0.972. The first kappa shape index (κ1) is 18.0. The van der Waals surface area contributed by atoms with E-state index in [-0.39, 0.29) is 16.8 Å². The summed E-state index contributed by atoms with van der Waals surface area (Å²) in [6, 6.07) is 5.68. The molecule has 21 heavy (non-hydrogen) atoms. The SMILES string of the molecule is C=C(C)C(=O)O.CC(=Cc1ccc([N+](=O)[O-])cc1)C(=O)O. The molecule has 2 N–H and O–H groups in total. The third-order valence-corrected chi connectivity index (χ3v) is 2.19. The van der Waals surface area contributed by atoms with Crippen LogP contribution in [0.25, 0.3) is 6.08 Å². The molecule has 0 aliphatic rings. The number of nitro groups is 1. The molecule has 0 bridgehead atoms. The summed E-state index contributed by atoms with van der Waals surface area (Å²) in [6.07, 6.45) is 1.45. The standard InChI is InChI=1S/C10H9NO4.C4H6O2/c1-7(10(12)13)6-8-2-4-9(5-3-8)11(14)15;1-3(2)4(5)6/h2-6H,1H3,(H,12,13);1H2,2H3,(H,5,6). The molecular weight excluding hydrogens is 278 g/mol. The van der Waals surface area contributed by atoms with Crippen LogP contribution in [0.15, 0.2) is 42.0 Å². The van der Waals surface area contributed by atoms with Gasteiger partial charge in [0.15, 0.2) is 0 Å². The summed E-state index contributed by atoms with van der Waals surface area (Å²) in [5, 5.41) is 26.8. The molecule has 0 saturated heterocycles. The Morgan fingerprint density at radius 1 is 1.14 bits per heavy atom. The van der Waals surface area contributed by atoms with Gasteiger partial charge in [-0.15, -0.1) is 0 Å². The van der Waals surface area contributed by atoms with Gasteiger partial charge < -0.3 is 10.2 Å². The Hall–Kier alpha value is -2.96. The minimum absolute atomic E-state index is 0.0138. The highest BCUT2D eigenvalue weighted by atomic mass is 16.6. The van der Waals surface area contributed by atoms with Crippen molar-refractivity contribution < 1.29 is 24.7 Å². The molecule has 0 aromatic heterocycles. The van der Waals surface area contributed by atoms with Gasteiger partial charge in [0.05, 0.1) is 4.92 Å². The lowest BCUT2D eigenvalue weighted by Crippen LogP contribution is -1.95. The predicted octanol–water partition coefficient (Wildman–Crippen LogP) is 2.73. The predicted molar refractivity (Wildman–Crippen MR) is 76.8 cm³/mol. The number of non-ortho nitro benzene ring substituents is 1.